The van der Waals surface area contributed by atoms with Crippen molar-refractivity contribution < 1.29 is 9.46 Å². The second kappa shape index (κ2) is 14.6. The van der Waals surface area contributed by atoms with Crippen LogP contribution in [0.3, 0.4) is 0 Å². The van der Waals surface area contributed by atoms with E-state index in [9.17, 15) is 9.46 Å². The largest absolute Gasteiger partial charge is 0.346 e. The zero-order valence-corrected chi connectivity index (χ0v) is 13.7. The first-order valence-electron chi connectivity index (χ1n) is 8.15. The van der Waals surface area contributed by atoms with Gasteiger partial charge >= 0.3 is 0 Å². The number of hydrogen-bond acceptors (Lipinski definition) is 2. The van der Waals surface area contributed by atoms with Crippen LogP contribution >= 0.6 is 8.03 Å². The zero-order valence-electron chi connectivity index (χ0n) is 12.7. The Hall–Kier alpha value is 0.150. The van der Waals surface area contributed by atoms with E-state index in [1.165, 1.54) is 51.4 Å². The molecule has 0 amide bonds. The second-order valence-corrected chi connectivity index (χ2v) is 7.08. The van der Waals surface area contributed by atoms with Crippen molar-refractivity contribution in [2.45, 2.75) is 89.6 Å². The van der Waals surface area contributed by atoms with Crippen LogP contribution in [0, 0.1) is 0 Å². The van der Waals surface area contributed by atoms with Crippen LogP contribution in [0.4, 0.5) is 0 Å². The monoisotopic (exact) mass is 291 g/mol. The van der Waals surface area contributed by atoms with E-state index in [1.54, 1.807) is 0 Å². The van der Waals surface area contributed by atoms with E-state index in [0.29, 0.717) is 6.54 Å². The van der Waals surface area contributed by atoms with Gasteiger partial charge in [-0.1, -0.05) is 64.7 Å². The standard InChI is InChI=1S/C15H34NO2P/c1-2-3-4-5-6-7-8-9-10-12-15(19(17)18)13-11-14-16/h15,19H,2-14,16H2,1H3,(H,17,18). The Kier molecular flexibility index (Phi) is 14.7. The summed E-state index contributed by atoms with van der Waals surface area (Å²) in [5, 5.41) is 0. The lowest BCUT2D eigenvalue weighted by Gasteiger charge is -2.12. The average molecular weight is 291 g/mol. The van der Waals surface area contributed by atoms with Gasteiger partial charge in [-0.2, -0.15) is 0 Å². The van der Waals surface area contributed by atoms with Crippen molar-refractivity contribution in [3.63, 3.8) is 0 Å². The highest BCUT2D eigenvalue weighted by atomic mass is 31.1. The fraction of sp³-hybridized carbons (Fsp3) is 1.00. The molecule has 0 aromatic heterocycles. The van der Waals surface area contributed by atoms with E-state index in [1.807, 2.05) is 0 Å². The Labute approximate surface area is 120 Å². The molecule has 0 radical (unpaired) electrons. The van der Waals surface area contributed by atoms with E-state index in [4.69, 9.17) is 5.73 Å². The van der Waals surface area contributed by atoms with Gasteiger partial charge in [-0.3, -0.25) is 4.57 Å². The van der Waals surface area contributed by atoms with Crippen molar-refractivity contribution in [1.82, 2.24) is 0 Å². The van der Waals surface area contributed by atoms with Crippen molar-refractivity contribution in [2.75, 3.05) is 6.54 Å². The van der Waals surface area contributed by atoms with Gasteiger partial charge in [0.05, 0.1) is 0 Å². The van der Waals surface area contributed by atoms with E-state index in [-0.39, 0.29) is 5.66 Å². The number of hydrogen-bond donors (Lipinski definition) is 2. The van der Waals surface area contributed by atoms with Gasteiger partial charge in [-0.15, -0.1) is 0 Å². The second-order valence-electron chi connectivity index (χ2n) is 5.58. The van der Waals surface area contributed by atoms with Crippen molar-refractivity contribution in [2.24, 2.45) is 5.73 Å². The molecular weight excluding hydrogens is 257 g/mol. The molecule has 2 atom stereocenters. The van der Waals surface area contributed by atoms with Gasteiger partial charge < -0.3 is 10.6 Å². The lowest BCUT2D eigenvalue weighted by molar-refractivity contribution is 0.466. The fourth-order valence-electron chi connectivity index (χ4n) is 2.46. The van der Waals surface area contributed by atoms with Crippen LogP contribution in [0.5, 0.6) is 0 Å². The van der Waals surface area contributed by atoms with E-state index < -0.39 is 8.03 Å². The Bertz CT molecular complexity index is 212. The summed E-state index contributed by atoms with van der Waals surface area (Å²) in [7, 11) is -2.36. The first kappa shape index (κ1) is 19.1. The molecule has 0 aromatic rings. The highest BCUT2D eigenvalue weighted by Crippen LogP contribution is 2.30. The molecule has 116 valence electrons. The lowest BCUT2D eigenvalue weighted by atomic mass is 10.0. The number of rotatable bonds is 14. The molecule has 0 aliphatic rings. The summed E-state index contributed by atoms with van der Waals surface area (Å²) in [5.74, 6) is 0. The molecule has 0 spiro atoms. The highest BCUT2D eigenvalue weighted by Gasteiger charge is 2.13. The molecule has 19 heavy (non-hydrogen) atoms. The quantitative estimate of drug-likeness (QED) is 0.366. The summed E-state index contributed by atoms with van der Waals surface area (Å²) in [6, 6.07) is 0. The van der Waals surface area contributed by atoms with Crippen molar-refractivity contribution >= 4 is 8.03 Å². The normalized spacial score (nSPS) is 14.5. The number of unbranched alkanes of at least 4 members (excludes halogenated alkanes) is 8. The van der Waals surface area contributed by atoms with Gasteiger partial charge in [0, 0.05) is 5.66 Å². The van der Waals surface area contributed by atoms with Crippen LogP contribution < -0.4 is 5.73 Å². The molecule has 2 unspecified atom stereocenters. The van der Waals surface area contributed by atoms with E-state index in [2.05, 4.69) is 6.92 Å². The summed E-state index contributed by atoms with van der Waals surface area (Å²) in [4.78, 5) is 9.27. The van der Waals surface area contributed by atoms with Crippen LogP contribution in [0.2, 0.25) is 0 Å². The molecule has 0 aromatic carbocycles. The topological polar surface area (TPSA) is 63.3 Å². The summed E-state index contributed by atoms with van der Waals surface area (Å²) in [6.07, 6.45) is 14.3. The zero-order chi connectivity index (χ0) is 14.3. The molecule has 3 nitrogen and oxygen atoms in total. The lowest BCUT2D eigenvalue weighted by Crippen LogP contribution is -2.07. The molecule has 0 rings (SSSR count). The minimum absolute atomic E-state index is 0.0121. The summed E-state index contributed by atoms with van der Waals surface area (Å²) in [6.45, 7) is 2.87. The minimum Gasteiger partial charge on any atom is -0.346 e. The smallest absolute Gasteiger partial charge is 0.192 e. The summed E-state index contributed by atoms with van der Waals surface area (Å²) >= 11 is 0. The van der Waals surface area contributed by atoms with Crippen LogP contribution in [0.1, 0.15) is 84.0 Å². The molecule has 0 heterocycles. The van der Waals surface area contributed by atoms with Crippen LogP contribution in [0.25, 0.3) is 0 Å². The Morgan fingerprint density at radius 1 is 0.895 bits per heavy atom. The predicted octanol–water partition coefficient (Wildman–Crippen LogP) is 4.48. The van der Waals surface area contributed by atoms with Crippen LogP contribution in [0.15, 0.2) is 0 Å². The molecule has 0 fully saturated rings. The Balaban J connectivity index is 3.37. The van der Waals surface area contributed by atoms with Gasteiger partial charge in [0.1, 0.15) is 0 Å². The van der Waals surface area contributed by atoms with E-state index >= 15 is 0 Å². The minimum atomic E-state index is -2.36. The molecule has 0 aliphatic heterocycles. The molecule has 0 saturated carbocycles. The third kappa shape index (κ3) is 12.9. The van der Waals surface area contributed by atoms with Crippen molar-refractivity contribution in [3.05, 3.63) is 0 Å². The summed E-state index contributed by atoms with van der Waals surface area (Å²) < 4.78 is 11.2. The third-order valence-corrected chi connectivity index (χ3v) is 5.04. The maximum Gasteiger partial charge on any atom is 0.192 e. The average Bonchev–Trinajstić information content (AvgIpc) is 2.39. The molecule has 0 saturated heterocycles. The Morgan fingerprint density at radius 2 is 1.37 bits per heavy atom. The van der Waals surface area contributed by atoms with Gasteiger partial charge in [0.15, 0.2) is 8.03 Å². The summed E-state index contributed by atoms with van der Waals surface area (Å²) in [5.41, 5.74) is 5.46. The SMILES string of the molecule is CCCCCCCCCCCC(CCCN)[PH](=O)O. The molecule has 0 aliphatic carbocycles. The molecule has 0 bridgehead atoms. The molecule has 3 N–H and O–H groups in total. The van der Waals surface area contributed by atoms with Gasteiger partial charge in [0.2, 0.25) is 0 Å². The maximum atomic E-state index is 11.2. The van der Waals surface area contributed by atoms with E-state index in [0.717, 1.165) is 25.7 Å². The van der Waals surface area contributed by atoms with Crippen molar-refractivity contribution in [3.8, 4) is 0 Å². The van der Waals surface area contributed by atoms with Crippen LogP contribution in [-0.2, 0) is 4.57 Å². The first-order chi connectivity index (χ1) is 9.22. The van der Waals surface area contributed by atoms with Gasteiger partial charge in [0.25, 0.3) is 0 Å². The maximum absolute atomic E-state index is 11.2. The van der Waals surface area contributed by atoms with Gasteiger partial charge in [-0.25, -0.2) is 0 Å². The predicted molar refractivity (Wildman–Crippen MR) is 85.1 cm³/mol. The molecule has 4 heteroatoms. The highest BCUT2D eigenvalue weighted by molar-refractivity contribution is 7.38. The number of nitrogens with two attached hydrogens (primary N) is 1. The fourth-order valence-corrected chi connectivity index (χ4v) is 3.36. The Morgan fingerprint density at radius 3 is 1.84 bits per heavy atom. The van der Waals surface area contributed by atoms with Gasteiger partial charge in [-0.05, 0) is 25.8 Å². The molecular formula is C15H34NO2P. The first-order valence-corrected chi connectivity index (χ1v) is 9.58. The third-order valence-electron chi connectivity index (χ3n) is 3.76. The van der Waals surface area contributed by atoms with Crippen molar-refractivity contribution in [1.29, 1.82) is 0 Å². The van der Waals surface area contributed by atoms with Crippen LogP contribution in [-0.4, -0.2) is 17.1 Å².